The van der Waals surface area contributed by atoms with Crippen molar-refractivity contribution in [3.63, 3.8) is 0 Å². The molecule has 0 aliphatic heterocycles. The Morgan fingerprint density at radius 2 is 2.10 bits per heavy atom. The van der Waals surface area contributed by atoms with E-state index in [2.05, 4.69) is 10.1 Å². The maximum Gasteiger partial charge on any atom is 0.313 e. The highest BCUT2D eigenvalue weighted by Gasteiger charge is 2.29. The van der Waals surface area contributed by atoms with Crippen LogP contribution in [0, 0.1) is 10.1 Å². The fourth-order valence-electron chi connectivity index (χ4n) is 1.94. The molecule has 0 aromatic heterocycles. The van der Waals surface area contributed by atoms with Crippen LogP contribution in [0.25, 0.3) is 0 Å². The Kier molecular flexibility index (Phi) is 6.06. The molecule has 0 aliphatic rings. The fraction of sp³-hybridized carbons (Fsp3) is 0.500. The van der Waals surface area contributed by atoms with Gasteiger partial charge in [-0.1, -0.05) is 25.8 Å². The maximum atomic E-state index is 12.3. The number of hydrazine groups is 1. The van der Waals surface area contributed by atoms with Crippen LogP contribution in [-0.2, 0) is 10.0 Å². The SMILES string of the molecule is CCCCC(C)NS(=O)(=O)c1cccc(NN)c1[N+](=O)[O-]. The molecule has 1 aromatic rings. The van der Waals surface area contributed by atoms with E-state index in [0.717, 1.165) is 12.8 Å². The molecule has 8 nitrogen and oxygen atoms in total. The van der Waals surface area contributed by atoms with Crippen LogP contribution in [0.2, 0.25) is 0 Å². The average molecular weight is 316 g/mol. The van der Waals surface area contributed by atoms with E-state index in [4.69, 9.17) is 5.84 Å². The number of nitrogens with zero attached hydrogens (tertiary/aromatic N) is 1. The molecule has 0 heterocycles. The smallest absolute Gasteiger partial charge is 0.313 e. The van der Waals surface area contributed by atoms with Gasteiger partial charge in [-0.15, -0.1) is 0 Å². The van der Waals surface area contributed by atoms with Crippen LogP contribution in [0.1, 0.15) is 33.1 Å². The third-order valence-corrected chi connectivity index (χ3v) is 4.59. The summed E-state index contributed by atoms with van der Waals surface area (Å²) in [6, 6.07) is 3.63. The summed E-state index contributed by atoms with van der Waals surface area (Å²) in [5.74, 6) is 5.20. The van der Waals surface area contributed by atoms with Crippen LogP contribution < -0.4 is 16.0 Å². The molecule has 118 valence electrons. The minimum atomic E-state index is -3.99. The second-order valence-corrected chi connectivity index (χ2v) is 6.40. The molecule has 0 spiro atoms. The minimum Gasteiger partial charge on any atom is -0.318 e. The minimum absolute atomic E-state index is 0.0518. The number of nitro groups is 1. The van der Waals surface area contributed by atoms with Crippen molar-refractivity contribution in [2.45, 2.75) is 44.0 Å². The third-order valence-electron chi connectivity index (χ3n) is 2.97. The number of nitrogens with one attached hydrogen (secondary N) is 2. The monoisotopic (exact) mass is 316 g/mol. The number of rotatable bonds is 8. The van der Waals surface area contributed by atoms with Gasteiger partial charge >= 0.3 is 5.69 Å². The quantitative estimate of drug-likeness (QED) is 0.381. The van der Waals surface area contributed by atoms with Gasteiger partial charge in [-0.25, -0.2) is 13.1 Å². The molecule has 21 heavy (non-hydrogen) atoms. The lowest BCUT2D eigenvalue weighted by molar-refractivity contribution is -0.386. The lowest BCUT2D eigenvalue weighted by Crippen LogP contribution is -2.33. The predicted molar refractivity (Wildman–Crippen MR) is 80.2 cm³/mol. The molecule has 9 heteroatoms. The van der Waals surface area contributed by atoms with E-state index in [9.17, 15) is 18.5 Å². The number of anilines is 1. The number of sulfonamides is 1. The third kappa shape index (κ3) is 4.38. The number of para-hydroxylation sites is 1. The van der Waals surface area contributed by atoms with Crippen LogP contribution in [0.4, 0.5) is 11.4 Å². The highest BCUT2D eigenvalue weighted by Crippen LogP contribution is 2.31. The second kappa shape index (κ2) is 7.34. The van der Waals surface area contributed by atoms with E-state index in [1.54, 1.807) is 6.92 Å². The number of hydrogen-bond donors (Lipinski definition) is 3. The van der Waals surface area contributed by atoms with Gasteiger partial charge < -0.3 is 5.43 Å². The molecule has 1 rings (SSSR count). The van der Waals surface area contributed by atoms with Gasteiger partial charge in [0.25, 0.3) is 0 Å². The van der Waals surface area contributed by atoms with Crippen molar-refractivity contribution in [2.24, 2.45) is 5.84 Å². The summed E-state index contributed by atoms with van der Waals surface area (Å²) in [6.07, 6.45) is 2.48. The van der Waals surface area contributed by atoms with Crippen LogP contribution in [0.3, 0.4) is 0 Å². The number of hydrogen-bond acceptors (Lipinski definition) is 6. The summed E-state index contributed by atoms with van der Waals surface area (Å²) in [5.41, 5.74) is 1.53. The predicted octanol–water partition coefficient (Wildman–Crippen LogP) is 1.74. The summed E-state index contributed by atoms with van der Waals surface area (Å²) in [5, 5.41) is 11.1. The molecule has 4 N–H and O–H groups in total. The molecule has 0 aliphatic carbocycles. The van der Waals surface area contributed by atoms with E-state index >= 15 is 0 Å². The normalized spacial score (nSPS) is 12.9. The first kappa shape index (κ1) is 17.3. The van der Waals surface area contributed by atoms with E-state index in [1.807, 2.05) is 6.92 Å². The second-order valence-electron chi connectivity index (χ2n) is 4.72. The topological polar surface area (TPSA) is 127 Å². The van der Waals surface area contributed by atoms with Crippen molar-refractivity contribution in [1.29, 1.82) is 0 Å². The van der Waals surface area contributed by atoms with E-state index < -0.39 is 25.5 Å². The molecular formula is C12H20N4O4S. The summed E-state index contributed by atoms with van der Waals surface area (Å²) in [7, 11) is -3.99. The number of nitrogen functional groups attached to an aromatic ring is 1. The first-order chi connectivity index (χ1) is 9.83. The van der Waals surface area contributed by atoms with Crippen molar-refractivity contribution >= 4 is 21.4 Å². The molecule has 0 saturated carbocycles. The van der Waals surface area contributed by atoms with Gasteiger partial charge in [-0.3, -0.25) is 16.0 Å². The Balaban J connectivity index is 3.17. The van der Waals surface area contributed by atoms with E-state index in [-0.39, 0.29) is 11.7 Å². The van der Waals surface area contributed by atoms with Gasteiger partial charge in [0, 0.05) is 6.04 Å². The Morgan fingerprint density at radius 1 is 1.43 bits per heavy atom. The van der Waals surface area contributed by atoms with Crippen molar-refractivity contribution in [3.8, 4) is 0 Å². The zero-order valence-electron chi connectivity index (χ0n) is 12.0. The number of nitro benzene ring substituents is 1. The van der Waals surface area contributed by atoms with Gasteiger partial charge in [0.05, 0.1) is 4.92 Å². The van der Waals surface area contributed by atoms with E-state index in [0.29, 0.717) is 6.42 Å². The first-order valence-electron chi connectivity index (χ1n) is 6.59. The highest BCUT2D eigenvalue weighted by molar-refractivity contribution is 7.89. The Bertz CT molecular complexity index is 603. The molecule has 1 atom stereocenters. The summed E-state index contributed by atoms with van der Waals surface area (Å²) >= 11 is 0. The van der Waals surface area contributed by atoms with Crippen LogP contribution in [-0.4, -0.2) is 19.4 Å². The van der Waals surface area contributed by atoms with Gasteiger partial charge in [0.1, 0.15) is 5.69 Å². The summed E-state index contributed by atoms with van der Waals surface area (Å²) < 4.78 is 27.1. The Hall–Kier alpha value is -1.71. The van der Waals surface area contributed by atoms with Crippen LogP contribution >= 0.6 is 0 Å². The maximum absolute atomic E-state index is 12.3. The lowest BCUT2D eigenvalue weighted by atomic mass is 10.2. The largest absolute Gasteiger partial charge is 0.318 e. The van der Waals surface area contributed by atoms with Crippen LogP contribution in [0.15, 0.2) is 23.1 Å². The number of benzene rings is 1. The van der Waals surface area contributed by atoms with Crippen LogP contribution in [0.5, 0.6) is 0 Å². The average Bonchev–Trinajstić information content (AvgIpc) is 2.43. The highest BCUT2D eigenvalue weighted by atomic mass is 32.2. The molecule has 0 bridgehead atoms. The lowest BCUT2D eigenvalue weighted by Gasteiger charge is -2.14. The molecule has 1 unspecified atom stereocenters. The van der Waals surface area contributed by atoms with Crippen molar-refractivity contribution in [3.05, 3.63) is 28.3 Å². The van der Waals surface area contributed by atoms with Crippen molar-refractivity contribution < 1.29 is 13.3 Å². The van der Waals surface area contributed by atoms with Gasteiger partial charge in [0.2, 0.25) is 10.0 Å². The Morgan fingerprint density at radius 3 is 2.62 bits per heavy atom. The zero-order chi connectivity index (χ0) is 16.0. The molecule has 0 amide bonds. The molecular weight excluding hydrogens is 296 g/mol. The molecule has 1 aromatic carbocycles. The Labute approximate surface area is 123 Å². The first-order valence-corrected chi connectivity index (χ1v) is 8.08. The van der Waals surface area contributed by atoms with Gasteiger partial charge in [0.15, 0.2) is 4.90 Å². The molecule has 0 radical (unpaired) electrons. The molecule has 0 saturated heterocycles. The molecule has 0 fully saturated rings. The van der Waals surface area contributed by atoms with Crippen molar-refractivity contribution in [2.75, 3.05) is 5.43 Å². The van der Waals surface area contributed by atoms with Gasteiger partial charge in [-0.05, 0) is 25.5 Å². The summed E-state index contributed by atoms with van der Waals surface area (Å²) in [6.45, 7) is 3.73. The standard InChI is InChI=1S/C12H20N4O4S/c1-3-4-6-9(2)15-21(19,20)11-8-5-7-10(14-13)12(11)16(17)18/h5,7-9,14-15H,3-4,6,13H2,1-2H3. The number of nitrogens with two attached hydrogens (primary N) is 1. The van der Waals surface area contributed by atoms with Crippen molar-refractivity contribution in [1.82, 2.24) is 4.72 Å². The summed E-state index contributed by atoms with van der Waals surface area (Å²) in [4.78, 5) is 9.96. The van der Waals surface area contributed by atoms with Gasteiger partial charge in [-0.2, -0.15) is 0 Å². The number of unbranched alkanes of at least 4 members (excludes halogenated alkanes) is 1. The zero-order valence-corrected chi connectivity index (χ0v) is 12.8. The van der Waals surface area contributed by atoms with E-state index in [1.165, 1.54) is 18.2 Å². The fourth-order valence-corrected chi connectivity index (χ4v) is 3.41.